The van der Waals surface area contributed by atoms with Crippen molar-refractivity contribution in [3.8, 4) is 22.3 Å². The molecule has 1 saturated carbocycles. The summed E-state index contributed by atoms with van der Waals surface area (Å²) in [6, 6.07) is 15.8. The van der Waals surface area contributed by atoms with E-state index in [0.29, 0.717) is 11.1 Å². The van der Waals surface area contributed by atoms with Crippen molar-refractivity contribution in [2.45, 2.75) is 58.8 Å². The summed E-state index contributed by atoms with van der Waals surface area (Å²) >= 11 is 0. The number of hydrogen-bond acceptors (Lipinski definition) is 0. The largest absolute Gasteiger partial charge is 0.206 e. The number of halogens is 3. The van der Waals surface area contributed by atoms with Gasteiger partial charge in [-0.1, -0.05) is 74.4 Å². The van der Waals surface area contributed by atoms with Crippen molar-refractivity contribution >= 4 is 5.57 Å². The van der Waals surface area contributed by atoms with Crippen molar-refractivity contribution in [2.75, 3.05) is 0 Å². The third-order valence-corrected chi connectivity index (χ3v) is 8.30. The van der Waals surface area contributed by atoms with Crippen molar-refractivity contribution in [2.24, 2.45) is 17.8 Å². The van der Waals surface area contributed by atoms with Gasteiger partial charge in [0.25, 0.3) is 0 Å². The zero-order chi connectivity index (χ0) is 24.5. The van der Waals surface area contributed by atoms with Crippen molar-refractivity contribution < 1.29 is 13.2 Å². The number of allylic oxidation sites excluding steroid dienone is 2. The molecule has 1 fully saturated rings. The van der Waals surface area contributed by atoms with Gasteiger partial charge in [-0.15, -0.1) is 0 Å². The highest BCUT2D eigenvalue weighted by Gasteiger charge is 2.28. The third-order valence-electron chi connectivity index (χ3n) is 8.30. The molecule has 1 unspecified atom stereocenters. The average Bonchev–Trinajstić information content (AvgIpc) is 2.88. The van der Waals surface area contributed by atoms with E-state index in [9.17, 15) is 8.78 Å². The van der Waals surface area contributed by atoms with Crippen LogP contribution in [0.25, 0.3) is 27.8 Å². The summed E-state index contributed by atoms with van der Waals surface area (Å²) < 4.78 is 43.5. The van der Waals surface area contributed by atoms with Gasteiger partial charge < -0.3 is 0 Å². The summed E-state index contributed by atoms with van der Waals surface area (Å²) in [5.74, 6) is 0.601. The maximum atomic E-state index is 15.2. The smallest absolute Gasteiger partial charge is 0.166 e. The molecule has 35 heavy (non-hydrogen) atoms. The van der Waals surface area contributed by atoms with Gasteiger partial charge in [0.15, 0.2) is 11.6 Å². The lowest BCUT2D eigenvalue weighted by atomic mass is 9.71. The summed E-state index contributed by atoms with van der Waals surface area (Å²) in [7, 11) is 0. The van der Waals surface area contributed by atoms with E-state index in [1.165, 1.54) is 25.7 Å². The van der Waals surface area contributed by atoms with Crippen LogP contribution in [0.15, 0.2) is 60.7 Å². The summed E-state index contributed by atoms with van der Waals surface area (Å²) in [6.07, 6.45) is 10.8. The monoisotopic (exact) mass is 474 g/mol. The minimum absolute atomic E-state index is 0.200. The highest BCUT2D eigenvalue weighted by atomic mass is 19.2. The molecule has 0 amide bonds. The Hall–Kier alpha value is -2.81. The molecular formula is C32H33F3. The zero-order valence-corrected chi connectivity index (χ0v) is 20.6. The second-order valence-electron chi connectivity index (χ2n) is 10.6. The van der Waals surface area contributed by atoms with E-state index in [1.807, 2.05) is 24.3 Å². The van der Waals surface area contributed by atoms with Gasteiger partial charge in [-0.2, -0.15) is 0 Å². The fraction of sp³-hybridized carbons (Fsp3) is 0.375. The molecule has 3 heteroatoms. The standard InChI is InChI=1S/C32H33F3/c1-20-3-6-22(7-4-20)23-8-12-25(13-9-23)28-18-16-27(19-30(28)33)24-10-14-26(15-11-24)29-17-5-21(2)31(34)32(29)35/h5,10-12,14-20,22-23H,3-4,6-9,13H2,1-2H3. The van der Waals surface area contributed by atoms with Crippen LogP contribution < -0.4 is 0 Å². The Labute approximate surface area is 206 Å². The Kier molecular flexibility index (Phi) is 6.86. The quantitative estimate of drug-likeness (QED) is 0.353. The molecular weight excluding hydrogens is 441 g/mol. The number of rotatable bonds is 4. The lowest BCUT2D eigenvalue weighted by Gasteiger charge is -2.34. The van der Waals surface area contributed by atoms with Gasteiger partial charge in [0.1, 0.15) is 5.82 Å². The Bertz CT molecular complexity index is 1230. The number of benzene rings is 3. The van der Waals surface area contributed by atoms with E-state index in [0.717, 1.165) is 53.7 Å². The van der Waals surface area contributed by atoms with Crippen molar-refractivity contribution in [3.05, 3.63) is 89.3 Å². The molecule has 182 valence electrons. The van der Waals surface area contributed by atoms with Crippen molar-refractivity contribution in [1.82, 2.24) is 0 Å². The molecule has 0 saturated heterocycles. The maximum absolute atomic E-state index is 15.2. The van der Waals surface area contributed by atoms with E-state index in [-0.39, 0.29) is 16.9 Å². The normalized spacial score (nSPS) is 22.7. The molecule has 0 aliphatic heterocycles. The molecule has 0 nitrogen and oxygen atoms in total. The van der Waals surface area contributed by atoms with Crippen LogP contribution in [0.3, 0.4) is 0 Å². The molecule has 3 aromatic rings. The third kappa shape index (κ3) is 4.96. The Balaban J connectivity index is 1.30. The summed E-state index contributed by atoms with van der Waals surface area (Å²) in [4.78, 5) is 0. The van der Waals surface area contributed by atoms with Gasteiger partial charge in [-0.25, -0.2) is 13.2 Å². The minimum Gasteiger partial charge on any atom is -0.206 e. The van der Waals surface area contributed by atoms with Crippen LogP contribution in [-0.4, -0.2) is 0 Å². The second kappa shape index (κ2) is 10.0. The molecule has 0 radical (unpaired) electrons. The molecule has 2 aliphatic carbocycles. The average molecular weight is 475 g/mol. The number of hydrogen-bond donors (Lipinski definition) is 0. The Morgan fingerprint density at radius 1 is 0.657 bits per heavy atom. The Morgan fingerprint density at radius 3 is 1.97 bits per heavy atom. The molecule has 0 spiro atoms. The second-order valence-corrected chi connectivity index (χ2v) is 10.6. The SMILES string of the molecule is Cc1ccc(-c2ccc(-c3ccc(C4=CCC(C5CCC(C)CC5)CC4)c(F)c3)cc2)c(F)c1F. The predicted octanol–water partition coefficient (Wildman–Crippen LogP) is 9.76. The first-order chi connectivity index (χ1) is 16.9. The fourth-order valence-corrected chi connectivity index (χ4v) is 5.95. The van der Waals surface area contributed by atoms with Crippen molar-refractivity contribution in [3.63, 3.8) is 0 Å². The van der Waals surface area contributed by atoms with Gasteiger partial charge in [-0.3, -0.25) is 0 Å². The highest BCUT2D eigenvalue weighted by molar-refractivity contribution is 5.74. The first kappa shape index (κ1) is 23.9. The topological polar surface area (TPSA) is 0 Å². The fourth-order valence-electron chi connectivity index (χ4n) is 5.95. The first-order valence-corrected chi connectivity index (χ1v) is 12.9. The maximum Gasteiger partial charge on any atom is 0.166 e. The first-order valence-electron chi connectivity index (χ1n) is 12.9. The van der Waals surface area contributed by atoms with Crippen LogP contribution in [-0.2, 0) is 0 Å². The molecule has 0 N–H and O–H groups in total. The predicted molar refractivity (Wildman–Crippen MR) is 138 cm³/mol. The van der Waals surface area contributed by atoms with Gasteiger partial charge in [0.2, 0.25) is 0 Å². The molecule has 1 atom stereocenters. The van der Waals surface area contributed by atoms with Crippen molar-refractivity contribution in [1.29, 1.82) is 0 Å². The summed E-state index contributed by atoms with van der Waals surface area (Å²) in [5, 5.41) is 0. The molecule has 0 aromatic heterocycles. The van der Waals surface area contributed by atoms with Crippen LogP contribution >= 0.6 is 0 Å². The van der Waals surface area contributed by atoms with Crippen LogP contribution in [0.5, 0.6) is 0 Å². The molecule has 0 heterocycles. The Morgan fingerprint density at radius 2 is 1.31 bits per heavy atom. The summed E-state index contributed by atoms with van der Waals surface area (Å²) in [5.41, 5.74) is 4.56. The van der Waals surface area contributed by atoms with Crippen LogP contribution in [0.1, 0.15) is 63.0 Å². The lowest BCUT2D eigenvalue weighted by Crippen LogP contribution is -2.22. The van der Waals surface area contributed by atoms with E-state index in [2.05, 4.69) is 13.0 Å². The molecule has 3 aromatic carbocycles. The highest BCUT2D eigenvalue weighted by Crippen LogP contribution is 2.41. The van der Waals surface area contributed by atoms with Crippen LogP contribution in [0, 0.1) is 42.1 Å². The van der Waals surface area contributed by atoms with E-state index in [4.69, 9.17) is 0 Å². The van der Waals surface area contributed by atoms with Gasteiger partial charge >= 0.3 is 0 Å². The molecule has 5 rings (SSSR count). The van der Waals surface area contributed by atoms with Gasteiger partial charge in [-0.05, 0) is 90.7 Å². The summed E-state index contributed by atoms with van der Waals surface area (Å²) in [6.45, 7) is 3.91. The van der Waals surface area contributed by atoms with E-state index >= 15 is 4.39 Å². The minimum atomic E-state index is -0.839. The van der Waals surface area contributed by atoms with E-state index in [1.54, 1.807) is 37.3 Å². The van der Waals surface area contributed by atoms with Gasteiger partial charge in [0.05, 0.1) is 0 Å². The van der Waals surface area contributed by atoms with E-state index < -0.39 is 11.6 Å². The van der Waals surface area contributed by atoms with Crippen LogP contribution in [0.4, 0.5) is 13.2 Å². The molecule has 0 bridgehead atoms. The van der Waals surface area contributed by atoms with Gasteiger partial charge in [0, 0.05) is 11.1 Å². The number of aryl methyl sites for hydroxylation is 1. The molecule has 2 aliphatic rings. The zero-order valence-electron chi connectivity index (χ0n) is 20.6. The van der Waals surface area contributed by atoms with Crippen LogP contribution in [0.2, 0.25) is 0 Å². The lowest BCUT2D eigenvalue weighted by molar-refractivity contribution is 0.202.